The smallest absolute Gasteiger partial charge is 0.251 e. The summed E-state index contributed by atoms with van der Waals surface area (Å²) in [5.74, 6) is -0.459. The van der Waals surface area contributed by atoms with Gasteiger partial charge in [-0.1, -0.05) is 6.07 Å². The molecule has 1 aromatic carbocycles. The van der Waals surface area contributed by atoms with E-state index < -0.39 is 5.54 Å². The van der Waals surface area contributed by atoms with Crippen molar-refractivity contribution in [2.75, 3.05) is 32.8 Å². The van der Waals surface area contributed by atoms with E-state index in [1.165, 1.54) is 24.3 Å². The lowest BCUT2D eigenvalue weighted by molar-refractivity contribution is -0.129. The van der Waals surface area contributed by atoms with Crippen molar-refractivity contribution in [2.24, 2.45) is 0 Å². The first-order valence-electron chi connectivity index (χ1n) is 10.3. The normalized spacial score (nSPS) is 19.0. The van der Waals surface area contributed by atoms with Crippen LogP contribution in [0, 0.1) is 5.82 Å². The number of pyridine rings is 1. The minimum atomic E-state index is -0.469. The van der Waals surface area contributed by atoms with Crippen molar-refractivity contribution in [3.63, 3.8) is 0 Å². The maximum Gasteiger partial charge on any atom is 0.251 e. The molecule has 0 bridgehead atoms. The van der Waals surface area contributed by atoms with E-state index in [4.69, 9.17) is 0 Å². The lowest BCUT2D eigenvalue weighted by Crippen LogP contribution is -2.56. The van der Waals surface area contributed by atoms with E-state index in [0.29, 0.717) is 31.9 Å². The lowest BCUT2D eigenvalue weighted by Gasteiger charge is -2.42. The number of piperidine rings is 1. The molecule has 158 valence electrons. The van der Waals surface area contributed by atoms with Crippen LogP contribution in [-0.4, -0.2) is 65.0 Å². The van der Waals surface area contributed by atoms with Crippen LogP contribution in [0.1, 0.15) is 28.8 Å². The molecule has 3 heterocycles. The molecule has 1 aromatic heterocycles. The van der Waals surface area contributed by atoms with Crippen LogP contribution in [0.25, 0.3) is 0 Å². The minimum absolute atomic E-state index is 0.107. The molecule has 8 heteroatoms. The number of nitrogens with zero attached hydrogens (tertiary/aromatic N) is 3. The lowest BCUT2D eigenvalue weighted by atomic mass is 9.86. The Morgan fingerprint density at radius 1 is 1.20 bits per heavy atom. The van der Waals surface area contributed by atoms with Crippen LogP contribution < -0.4 is 10.6 Å². The molecule has 4 rings (SSSR count). The summed E-state index contributed by atoms with van der Waals surface area (Å²) in [5, 5.41) is 5.89. The number of amides is 2. The molecule has 1 spiro atoms. The Hall–Kier alpha value is -2.84. The summed E-state index contributed by atoms with van der Waals surface area (Å²) >= 11 is 0. The van der Waals surface area contributed by atoms with E-state index in [0.717, 1.165) is 31.5 Å². The van der Waals surface area contributed by atoms with Crippen molar-refractivity contribution in [3.05, 3.63) is 65.7 Å². The largest absolute Gasteiger partial charge is 0.351 e. The van der Waals surface area contributed by atoms with Gasteiger partial charge in [0.05, 0.1) is 6.67 Å². The summed E-state index contributed by atoms with van der Waals surface area (Å²) in [6, 6.07) is 9.46. The van der Waals surface area contributed by atoms with Crippen molar-refractivity contribution in [2.45, 2.75) is 24.9 Å². The summed E-state index contributed by atoms with van der Waals surface area (Å²) in [6.45, 7) is 4.07. The highest BCUT2D eigenvalue weighted by atomic mass is 19.1. The number of benzene rings is 1. The monoisotopic (exact) mass is 411 g/mol. The third-order valence-corrected chi connectivity index (χ3v) is 6.06. The number of likely N-dealkylation sites (tertiary alicyclic amines) is 1. The van der Waals surface area contributed by atoms with Crippen LogP contribution >= 0.6 is 0 Å². The van der Waals surface area contributed by atoms with E-state index in [1.54, 1.807) is 6.20 Å². The molecule has 0 unspecified atom stereocenters. The molecule has 2 saturated heterocycles. The standard InChI is InChI=1S/C22H26FN5O2/c23-19-5-3-18(4-6-19)20(29)25-10-13-27-11-7-22(8-12-27)21(30)26-16-28(22)15-17-2-1-9-24-14-17/h1-6,9,14H,7-8,10-13,15-16H2,(H,25,29)(H,26,30). The van der Waals surface area contributed by atoms with Crippen molar-refractivity contribution in [1.29, 1.82) is 0 Å². The van der Waals surface area contributed by atoms with Gasteiger partial charge in [0.2, 0.25) is 5.91 Å². The number of aromatic nitrogens is 1. The van der Waals surface area contributed by atoms with Gasteiger partial charge in [0.25, 0.3) is 5.91 Å². The number of hydrogen-bond acceptors (Lipinski definition) is 5. The molecule has 30 heavy (non-hydrogen) atoms. The Morgan fingerprint density at radius 2 is 1.97 bits per heavy atom. The van der Waals surface area contributed by atoms with Crippen LogP contribution in [0.15, 0.2) is 48.8 Å². The first kappa shape index (κ1) is 20.4. The molecule has 0 aliphatic carbocycles. The SMILES string of the molecule is O=C(NCCN1CCC2(CC1)C(=O)NCN2Cc1cccnc1)c1ccc(F)cc1. The summed E-state index contributed by atoms with van der Waals surface area (Å²) in [7, 11) is 0. The van der Waals surface area contributed by atoms with E-state index in [1.807, 2.05) is 18.3 Å². The van der Waals surface area contributed by atoms with Gasteiger partial charge in [0, 0.05) is 50.7 Å². The fourth-order valence-electron chi connectivity index (χ4n) is 4.27. The predicted molar refractivity (Wildman–Crippen MR) is 110 cm³/mol. The van der Waals surface area contributed by atoms with Gasteiger partial charge in [-0.15, -0.1) is 0 Å². The highest BCUT2D eigenvalue weighted by molar-refractivity contribution is 5.94. The van der Waals surface area contributed by atoms with Crippen LogP contribution in [0.5, 0.6) is 0 Å². The second-order valence-electron chi connectivity index (χ2n) is 7.86. The summed E-state index contributed by atoms with van der Waals surface area (Å²) in [5.41, 5.74) is 1.07. The zero-order valence-corrected chi connectivity index (χ0v) is 16.8. The topological polar surface area (TPSA) is 77.6 Å². The van der Waals surface area contributed by atoms with Gasteiger partial charge in [-0.3, -0.25) is 19.5 Å². The highest BCUT2D eigenvalue weighted by Gasteiger charge is 2.49. The Morgan fingerprint density at radius 3 is 2.67 bits per heavy atom. The summed E-state index contributed by atoms with van der Waals surface area (Å²) in [4.78, 5) is 33.5. The molecular formula is C22H26FN5O2. The fourth-order valence-corrected chi connectivity index (χ4v) is 4.27. The van der Waals surface area contributed by atoms with Crippen molar-refractivity contribution in [3.8, 4) is 0 Å². The quantitative estimate of drug-likeness (QED) is 0.751. The molecule has 2 aromatic rings. The molecule has 2 aliphatic rings. The van der Waals surface area contributed by atoms with Crippen molar-refractivity contribution < 1.29 is 14.0 Å². The minimum Gasteiger partial charge on any atom is -0.351 e. The van der Waals surface area contributed by atoms with E-state index in [2.05, 4.69) is 25.4 Å². The molecule has 2 fully saturated rings. The van der Waals surface area contributed by atoms with E-state index in [9.17, 15) is 14.0 Å². The first-order chi connectivity index (χ1) is 14.6. The number of carbonyl (C=O) groups is 2. The highest BCUT2D eigenvalue weighted by Crippen LogP contribution is 2.33. The summed E-state index contributed by atoms with van der Waals surface area (Å²) in [6.07, 6.45) is 5.10. The number of carbonyl (C=O) groups excluding carboxylic acids is 2. The summed E-state index contributed by atoms with van der Waals surface area (Å²) < 4.78 is 13.0. The molecular weight excluding hydrogens is 385 g/mol. The fraction of sp³-hybridized carbons (Fsp3) is 0.409. The average Bonchev–Trinajstić information content (AvgIpc) is 3.06. The van der Waals surface area contributed by atoms with Gasteiger partial charge < -0.3 is 15.5 Å². The molecule has 2 aliphatic heterocycles. The van der Waals surface area contributed by atoms with Crippen molar-refractivity contribution in [1.82, 2.24) is 25.4 Å². The molecule has 7 nitrogen and oxygen atoms in total. The van der Waals surface area contributed by atoms with Crippen LogP contribution in [0.2, 0.25) is 0 Å². The Bertz CT molecular complexity index is 882. The maximum atomic E-state index is 13.0. The van der Waals surface area contributed by atoms with Gasteiger partial charge in [-0.05, 0) is 48.7 Å². The van der Waals surface area contributed by atoms with Gasteiger partial charge in [-0.2, -0.15) is 0 Å². The molecule has 2 N–H and O–H groups in total. The van der Waals surface area contributed by atoms with Gasteiger partial charge >= 0.3 is 0 Å². The van der Waals surface area contributed by atoms with Gasteiger partial charge in [0.1, 0.15) is 11.4 Å². The number of rotatable bonds is 6. The number of halogens is 1. The van der Waals surface area contributed by atoms with E-state index in [-0.39, 0.29) is 17.6 Å². The Labute approximate surface area is 175 Å². The first-order valence-corrected chi connectivity index (χ1v) is 10.3. The average molecular weight is 411 g/mol. The predicted octanol–water partition coefficient (Wildman–Crippen LogP) is 1.37. The van der Waals surface area contributed by atoms with Crippen molar-refractivity contribution >= 4 is 11.8 Å². The second-order valence-corrected chi connectivity index (χ2v) is 7.86. The number of nitrogens with one attached hydrogen (secondary N) is 2. The molecule has 0 saturated carbocycles. The second kappa shape index (κ2) is 8.89. The third kappa shape index (κ3) is 4.34. The molecule has 2 amide bonds. The van der Waals surface area contributed by atoms with Crippen LogP contribution in [0.4, 0.5) is 4.39 Å². The third-order valence-electron chi connectivity index (χ3n) is 6.06. The van der Waals surface area contributed by atoms with Crippen LogP contribution in [0.3, 0.4) is 0 Å². The van der Waals surface area contributed by atoms with Gasteiger partial charge in [-0.25, -0.2) is 4.39 Å². The molecule has 0 atom stereocenters. The van der Waals surface area contributed by atoms with Gasteiger partial charge in [0.15, 0.2) is 0 Å². The zero-order valence-electron chi connectivity index (χ0n) is 16.8. The maximum absolute atomic E-state index is 13.0. The van der Waals surface area contributed by atoms with E-state index >= 15 is 0 Å². The number of hydrogen-bond donors (Lipinski definition) is 2. The zero-order chi connectivity index (χ0) is 21.0. The van der Waals surface area contributed by atoms with Crippen LogP contribution in [-0.2, 0) is 11.3 Å². The Balaban J connectivity index is 1.27. The Kier molecular flexibility index (Phi) is 6.06. The molecule has 0 radical (unpaired) electrons.